The van der Waals surface area contributed by atoms with Crippen LogP contribution in [0.3, 0.4) is 0 Å². The van der Waals surface area contributed by atoms with Crippen LogP contribution < -0.4 is 16.4 Å². The maximum atomic E-state index is 13.7. The number of aryl methyl sites for hydroxylation is 2. The highest BCUT2D eigenvalue weighted by Gasteiger charge is 2.42. The predicted molar refractivity (Wildman–Crippen MR) is 139 cm³/mol. The van der Waals surface area contributed by atoms with E-state index in [0.717, 1.165) is 15.6 Å². The smallest absolute Gasteiger partial charge is 0.399 e. The van der Waals surface area contributed by atoms with Gasteiger partial charge in [-0.2, -0.15) is 13.2 Å². The predicted octanol–water partition coefficient (Wildman–Crippen LogP) is 5.68. The molecule has 0 spiro atoms. The molecule has 2 heterocycles. The Morgan fingerprint density at radius 2 is 1.81 bits per heavy atom. The van der Waals surface area contributed by atoms with Crippen molar-refractivity contribution in [2.24, 2.45) is 0 Å². The third-order valence-electron chi connectivity index (χ3n) is 5.26. The van der Waals surface area contributed by atoms with Crippen LogP contribution in [-0.2, 0) is 11.2 Å². The summed E-state index contributed by atoms with van der Waals surface area (Å²) in [6.45, 7) is 3.79. The van der Waals surface area contributed by atoms with Gasteiger partial charge in [-0.05, 0) is 43.2 Å². The van der Waals surface area contributed by atoms with Crippen LogP contribution in [0.5, 0.6) is 0 Å². The van der Waals surface area contributed by atoms with Gasteiger partial charge in [0.25, 0.3) is 5.91 Å². The fraction of sp³-hybridized carbons (Fsp3) is 0.200. The number of benzene rings is 2. The van der Waals surface area contributed by atoms with Crippen LogP contribution in [-0.4, -0.2) is 28.0 Å². The number of halogens is 3. The number of hydrogen-bond donors (Lipinski definition) is 3. The Morgan fingerprint density at radius 3 is 2.46 bits per heavy atom. The first-order chi connectivity index (χ1) is 17.5. The molecule has 7 nitrogen and oxygen atoms in total. The van der Waals surface area contributed by atoms with Gasteiger partial charge >= 0.3 is 6.18 Å². The highest BCUT2D eigenvalue weighted by Crippen LogP contribution is 2.33. The minimum atomic E-state index is -4.71. The topological polar surface area (TPSA) is 110 Å². The van der Waals surface area contributed by atoms with Crippen LogP contribution in [0.4, 0.5) is 24.0 Å². The van der Waals surface area contributed by atoms with Crippen molar-refractivity contribution in [2.75, 3.05) is 11.1 Å². The van der Waals surface area contributed by atoms with Gasteiger partial charge in [-0.25, -0.2) is 9.97 Å². The summed E-state index contributed by atoms with van der Waals surface area (Å²) in [5.74, 6) is -1.37. The molecule has 192 valence electrons. The summed E-state index contributed by atoms with van der Waals surface area (Å²) >= 11 is 2.77. The quantitative estimate of drug-likeness (QED) is 0.259. The molecule has 1 atom stereocenters. The van der Waals surface area contributed by atoms with Crippen molar-refractivity contribution in [3.8, 4) is 10.6 Å². The molecule has 0 radical (unpaired) electrons. The number of thiazole rings is 2. The Hall–Kier alpha value is -3.77. The summed E-state index contributed by atoms with van der Waals surface area (Å²) in [6, 6.07) is 8.99. The number of nitrogens with two attached hydrogens (primary N) is 1. The molecule has 4 aromatic rings. The lowest BCUT2D eigenvalue weighted by Crippen LogP contribution is -2.38. The number of hydrogen-bond acceptors (Lipinski definition) is 7. The van der Waals surface area contributed by atoms with E-state index < -0.39 is 24.0 Å². The largest absolute Gasteiger partial charge is 0.412 e. The van der Waals surface area contributed by atoms with Gasteiger partial charge in [-0.3, -0.25) is 9.59 Å². The number of carbonyl (C=O) groups excluding carboxylic acids is 2. The van der Waals surface area contributed by atoms with Gasteiger partial charge in [-0.1, -0.05) is 30.3 Å². The molecule has 0 aliphatic heterocycles. The summed E-state index contributed by atoms with van der Waals surface area (Å²) in [6.07, 6.45) is -4.86. The molecule has 0 saturated carbocycles. The molecule has 4 rings (SSSR count). The van der Waals surface area contributed by atoms with Gasteiger partial charge in [0.2, 0.25) is 5.91 Å². The standard InChI is InChI=1S/C25H22F3N5O2S2/c1-13-21(37-14(2)30-13)19-12-36-24(31-19)32-20(34)10-15-8-17(11-18(29)9-15)23(35)33-22(25(26,27)28)16-6-4-3-5-7-16/h3-9,11-12,22H,10,29H2,1-2H3,(H,33,35)(H,31,32,34)/t22-/m1/s1. The lowest BCUT2D eigenvalue weighted by Gasteiger charge is -2.22. The first-order valence-corrected chi connectivity index (χ1v) is 12.7. The molecule has 2 aromatic heterocycles. The van der Waals surface area contributed by atoms with E-state index in [2.05, 4.69) is 15.3 Å². The second-order valence-electron chi connectivity index (χ2n) is 8.23. The molecule has 0 saturated heterocycles. The Balaban J connectivity index is 1.46. The van der Waals surface area contributed by atoms with E-state index in [1.165, 1.54) is 65.1 Å². The Labute approximate surface area is 218 Å². The molecular weight excluding hydrogens is 523 g/mol. The molecule has 0 aliphatic rings. The minimum absolute atomic E-state index is 0.0828. The zero-order chi connectivity index (χ0) is 26.7. The van der Waals surface area contributed by atoms with Crippen LogP contribution in [0.25, 0.3) is 10.6 Å². The molecule has 0 aliphatic carbocycles. The van der Waals surface area contributed by atoms with Crippen molar-refractivity contribution in [3.05, 3.63) is 81.3 Å². The van der Waals surface area contributed by atoms with E-state index in [9.17, 15) is 22.8 Å². The number of anilines is 2. The van der Waals surface area contributed by atoms with Crippen molar-refractivity contribution in [2.45, 2.75) is 32.5 Å². The zero-order valence-corrected chi connectivity index (χ0v) is 21.4. The first kappa shape index (κ1) is 26.3. The fourth-order valence-corrected chi connectivity index (χ4v) is 5.39. The molecular formula is C25H22F3N5O2S2. The van der Waals surface area contributed by atoms with Crippen molar-refractivity contribution >= 4 is 45.3 Å². The molecule has 2 amide bonds. The maximum Gasteiger partial charge on any atom is 0.412 e. The van der Waals surface area contributed by atoms with Crippen LogP contribution in [0.2, 0.25) is 0 Å². The molecule has 4 N–H and O–H groups in total. The lowest BCUT2D eigenvalue weighted by molar-refractivity contribution is -0.155. The summed E-state index contributed by atoms with van der Waals surface area (Å²) in [4.78, 5) is 35.1. The number of nitrogen functional groups attached to an aromatic ring is 1. The number of nitrogens with one attached hydrogen (secondary N) is 2. The van der Waals surface area contributed by atoms with Crippen LogP contribution in [0.15, 0.2) is 53.9 Å². The number of carbonyl (C=O) groups is 2. The average molecular weight is 546 g/mol. The lowest BCUT2D eigenvalue weighted by atomic mass is 10.0. The van der Waals surface area contributed by atoms with Gasteiger partial charge in [0, 0.05) is 16.6 Å². The first-order valence-electron chi connectivity index (χ1n) is 11.0. The second-order valence-corrected chi connectivity index (χ2v) is 10.3. The Kier molecular flexibility index (Phi) is 7.60. The molecule has 0 bridgehead atoms. The minimum Gasteiger partial charge on any atom is -0.399 e. The summed E-state index contributed by atoms with van der Waals surface area (Å²) in [5, 5.41) is 7.87. The van der Waals surface area contributed by atoms with E-state index in [1.807, 2.05) is 24.5 Å². The van der Waals surface area contributed by atoms with Crippen molar-refractivity contribution in [1.82, 2.24) is 15.3 Å². The fourth-order valence-electron chi connectivity index (χ4n) is 3.72. The second kappa shape index (κ2) is 10.7. The third kappa shape index (κ3) is 6.52. The molecule has 2 aromatic carbocycles. The van der Waals surface area contributed by atoms with Crippen molar-refractivity contribution in [3.63, 3.8) is 0 Å². The van der Waals surface area contributed by atoms with Gasteiger partial charge in [0.1, 0.15) is 0 Å². The average Bonchev–Trinajstić information content (AvgIpc) is 3.41. The van der Waals surface area contributed by atoms with Crippen LogP contribution in [0.1, 0.15) is 38.2 Å². The van der Waals surface area contributed by atoms with E-state index >= 15 is 0 Å². The zero-order valence-electron chi connectivity index (χ0n) is 19.7. The number of nitrogens with zero attached hydrogens (tertiary/aromatic N) is 2. The van der Waals surface area contributed by atoms with Gasteiger partial charge in [-0.15, -0.1) is 22.7 Å². The van der Waals surface area contributed by atoms with Crippen LogP contribution >= 0.6 is 22.7 Å². The normalized spacial score (nSPS) is 12.2. The third-order valence-corrected chi connectivity index (χ3v) is 7.12. The van der Waals surface area contributed by atoms with Crippen molar-refractivity contribution < 1.29 is 22.8 Å². The number of rotatable bonds is 7. The SMILES string of the molecule is Cc1nc(C)c(-c2csc(NC(=O)Cc3cc(N)cc(C(=O)N[C@H](c4ccccc4)C(F)(F)F)c3)n2)s1. The summed E-state index contributed by atoms with van der Waals surface area (Å²) < 4.78 is 41.0. The molecule has 12 heteroatoms. The molecule has 37 heavy (non-hydrogen) atoms. The van der Waals surface area contributed by atoms with E-state index in [1.54, 1.807) is 6.07 Å². The maximum absolute atomic E-state index is 13.7. The van der Waals surface area contributed by atoms with Gasteiger partial charge in [0.05, 0.1) is 27.7 Å². The molecule has 0 unspecified atom stereocenters. The number of alkyl halides is 3. The Morgan fingerprint density at radius 1 is 1.08 bits per heavy atom. The molecule has 0 fully saturated rings. The highest BCUT2D eigenvalue weighted by atomic mass is 32.1. The number of aromatic nitrogens is 2. The monoisotopic (exact) mass is 545 g/mol. The summed E-state index contributed by atoms with van der Waals surface area (Å²) in [7, 11) is 0. The van der Waals surface area contributed by atoms with Gasteiger partial charge < -0.3 is 16.4 Å². The number of amides is 2. The highest BCUT2D eigenvalue weighted by molar-refractivity contribution is 7.16. The van der Waals surface area contributed by atoms with E-state index in [-0.39, 0.29) is 23.2 Å². The summed E-state index contributed by atoms with van der Waals surface area (Å²) in [5.41, 5.74) is 7.79. The van der Waals surface area contributed by atoms with E-state index in [0.29, 0.717) is 16.4 Å². The van der Waals surface area contributed by atoms with Crippen LogP contribution in [0, 0.1) is 13.8 Å². The Bertz CT molecular complexity index is 1430. The van der Waals surface area contributed by atoms with Crippen molar-refractivity contribution in [1.29, 1.82) is 0 Å². The van der Waals surface area contributed by atoms with Gasteiger partial charge in [0.15, 0.2) is 11.2 Å². The van der Waals surface area contributed by atoms with E-state index in [4.69, 9.17) is 5.73 Å².